The van der Waals surface area contributed by atoms with E-state index in [0.717, 1.165) is 24.2 Å². The maximum absolute atomic E-state index is 14.3. The summed E-state index contributed by atoms with van der Waals surface area (Å²) in [6.45, 7) is 0.665. The molecule has 5 rings (SSSR count). The van der Waals surface area contributed by atoms with E-state index >= 15 is 0 Å². The minimum atomic E-state index is -0.453. The van der Waals surface area contributed by atoms with Gasteiger partial charge in [0.2, 0.25) is 11.9 Å². The molecule has 0 radical (unpaired) electrons. The zero-order chi connectivity index (χ0) is 19.1. The summed E-state index contributed by atoms with van der Waals surface area (Å²) in [5.74, 6) is 1.14. The molecule has 7 nitrogen and oxygen atoms in total. The number of hydrogen-bond acceptors (Lipinski definition) is 6. The van der Waals surface area contributed by atoms with Gasteiger partial charge in [-0.3, -0.25) is 5.10 Å². The van der Waals surface area contributed by atoms with Crippen molar-refractivity contribution in [3.05, 3.63) is 53.5 Å². The van der Waals surface area contributed by atoms with Crippen LogP contribution < -0.4 is 10.2 Å². The van der Waals surface area contributed by atoms with E-state index in [2.05, 4.69) is 30.5 Å². The first-order chi connectivity index (χ1) is 13.7. The fourth-order valence-electron chi connectivity index (χ4n) is 3.70. The minimum Gasteiger partial charge on any atom is -0.334 e. The van der Waals surface area contributed by atoms with Gasteiger partial charge in [-0.1, -0.05) is 0 Å². The van der Waals surface area contributed by atoms with Gasteiger partial charge < -0.3 is 10.2 Å². The molecule has 2 aliphatic rings. The number of nitrogens with one attached hydrogen (secondary N) is 2. The topological polar surface area (TPSA) is 82.6 Å². The van der Waals surface area contributed by atoms with Crippen molar-refractivity contribution in [2.24, 2.45) is 0 Å². The number of aromatic nitrogens is 5. The van der Waals surface area contributed by atoms with Crippen molar-refractivity contribution in [2.45, 2.75) is 37.6 Å². The van der Waals surface area contributed by atoms with E-state index in [-0.39, 0.29) is 6.04 Å². The first-order valence-corrected chi connectivity index (χ1v) is 9.40. The highest BCUT2D eigenvalue weighted by atomic mass is 19.1. The second-order valence-electron chi connectivity index (χ2n) is 7.23. The Kier molecular flexibility index (Phi) is 4.14. The van der Waals surface area contributed by atoms with Crippen LogP contribution in [0.2, 0.25) is 0 Å². The van der Waals surface area contributed by atoms with Gasteiger partial charge in [-0.25, -0.2) is 18.7 Å². The Morgan fingerprint density at radius 3 is 2.86 bits per heavy atom. The third-order valence-electron chi connectivity index (χ3n) is 5.24. The van der Waals surface area contributed by atoms with Crippen molar-refractivity contribution < 1.29 is 8.78 Å². The monoisotopic (exact) mass is 383 g/mol. The van der Waals surface area contributed by atoms with Gasteiger partial charge in [-0.15, -0.1) is 0 Å². The van der Waals surface area contributed by atoms with Crippen molar-refractivity contribution in [3.8, 4) is 0 Å². The molecule has 1 saturated heterocycles. The molecule has 3 aromatic rings. The fraction of sp³-hybridized carbons (Fsp3) is 0.368. The van der Waals surface area contributed by atoms with Crippen molar-refractivity contribution in [1.29, 1.82) is 0 Å². The average molecular weight is 383 g/mol. The van der Waals surface area contributed by atoms with Crippen molar-refractivity contribution in [3.63, 3.8) is 0 Å². The lowest BCUT2D eigenvalue weighted by Crippen LogP contribution is -2.25. The molecule has 1 atom stereocenters. The second kappa shape index (κ2) is 6.81. The predicted octanol–water partition coefficient (Wildman–Crippen LogP) is 3.84. The molecular weight excluding hydrogens is 364 g/mol. The summed E-state index contributed by atoms with van der Waals surface area (Å²) in [7, 11) is 0. The summed E-state index contributed by atoms with van der Waals surface area (Å²) in [6.07, 6.45) is 5.34. The second-order valence-corrected chi connectivity index (χ2v) is 7.23. The van der Waals surface area contributed by atoms with Crippen LogP contribution in [0.25, 0.3) is 0 Å². The zero-order valence-electron chi connectivity index (χ0n) is 15.1. The molecule has 28 heavy (non-hydrogen) atoms. The largest absolute Gasteiger partial charge is 0.334 e. The molecule has 3 heterocycles. The third kappa shape index (κ3) is 3.28. The predicted molar refractivity (Wildman–Crippen MR) is 99.4 cm³/mol. The van der Waals surface area contributed by atoms with E-state index < -0.39 is 11.6 Å². The van der Waals surface area contributed by atoms with Gasteiger partial charge >= 0.3 is 0 Å². The van der Waals surface area contributed by atoms with E-state index in [1.54, 1.807) is 0 Å². The Bertz CT molecular complexity index is 1000. The first kappa shape index (κ1) is 17.0. The van der Waals surface area contributed by atoms with Gasteiger partial charge in [-0.2, -0.15) is 10.1 Å². The highest BCUT2D eigenvalue weighted by Gasteiger charge is 2.31. The SMILES string of the molecule is Fc1ccc(F)c([C@H]2CCCN2c2ncnc(Nc3cc(C4CC4)[nH]n3)n2)c1. The third-order valence-corrected chi connectivity index (χ3v) is 5.24. The molecule has 1 saturated carbocycles. The van der Waals surface area contributed by atoms with E-state index in [4.69, 9.17) is 0 Å². The smallest absolute Gasteiger partial charge is 0.233 e. The molecule has 2 N–H and O–H groups in total. The molecule has 0 unspecified atom stereocenters. The normalized spacial score (nSPS) is 19.2. The Hall–Kier alpha value is -3.10. The van der Waals surface area contributed by atoms with Crippen LogP contribution in [0.5, 0.6) is 0 Å². The fourth-order valence-corrected chi connectivity index (χ4v) is 3.70. The summed E-state index contributed by atoms with van der Waals surface area (Å²) in [5, 5.41) is 10.3. The number of halogens is 2. The molecule has 1 aliphatic carbocycles. The van der Waals surface area contributed by atoms with Gasteiger partial charge in [0, 0.05) is 29.8 Å². The molecule has 1 aromatic carbocycles. The molecule has 1 aliphatic heterocycles. The molecule has 9 heteroatoms. The Balaban J connectivity index is 1.39. The summed E-state index contributed by atoms with van der Waals surface area (Å²) in [6, 6.07) is 5.20. The quantitative estimate of drug-likeness (QED) is 0.697. The van der Waals surface area contributed by atoms with Crippen LogP contribution in [-0.2, 0) is 0 Å². The minimum absolute atomic E-state index is 0.308. The number of anilines is 3. The summed E-state index contributed by atoms with van der Waals surface area (Å²) in [4.78, 5) is 14.8. The molecule has 0 amide bonds. The van der Waals surface area contributed by atoms with Gasteiger partial charge in [0.15, 0.2) is 5.82 Å². The lowest BCUT2D eigenvalue weighted by Gasteiger charge is -2.25. The Morgan fingerprint density at radius 2 is 2.00 bits per heavy atom. The van der Waals surface area contributed by atoms with Gasteiger partial charge in [-0.05, 0) is 43.9 Å². The lowest BCUT2D eigenvalue weighted by atomic mass is 10.0. The number of rotatable bonds is 5. The standard InChI is InChI=1S/C19H19F2N7/c20-12-5-6-14(21)13(8-12)16-2-1-7-28(16)19-23-10-22-18(25-19)24-17-9-15(26-27-17)11-3-4-11/h5-6,8-11,16H,1-4,7H2,(H2,22,23,24,25,26,27)/t16-/m1/s1. The van der Waals surface area contributed by atoms with Crippen molar-refractivity contribution in [2.75, 3.05) is 16.8 Å². The summed E-state index contributed by atoms with van der Waals surface area (Å²) in [5.41, 5.74) is 1.44. The van der Waals surface area contributed by atoms with E-state index in [1.165, 1.54) is 25.2 Å². The maximum Gasteiger partial charge on any atom is 0.233 e. The molecule has 2 fully saturated rings. The average Bonchev–Trinajstić information content (AvgIpc) is 3.24. The first-order valence-electron chi connectivity index (χ1n) is 9.40. The molecule has 2 aromatic heterocycles. The van der Waals surface area contributed by atoms with Crippen molar-refractivity contribution >= 4 is 17.7 Å². The Labute approximate surface area is 160 Å². The molecule has 144 valence electrons. The Morgan fingerprint density at radius 1 is 1.11 bits per heavy atom. The van der Waals surface area contributed by atoms with Crippen LogP contribution in [0.3, 0.4) is 0 Å². The lowest BCUT2D eigenvalue weighted by molar-refractivity contribution is 0.559. The van der Waals surface area contributed by atoms with E-state index in [1.807, 2.05) is 11.0 Å². The van der Waals surface area contributed by atoms with Crippen LogP contribution >= 0.6 is 0 Å². The van der Waals surface area contributed by atoms with Crippen LogP contribution in [0.4, 0.5) is 26.5 Å². The number of hydrogen-bond donors (Lipinski definition) is 2. The number of H-pyrrole nitrogens is 1. The molecule has 0 bridgehead atoms. The van der Waals surface area contributed by atoms with Crippen LogP contribution in [0.1, 0.15) is 48.9 Å². The van der Waals surface area contributed by atoms with E-state index in [9.17, 15) is 8.78 Å². The molecule has 0 spiro atoms. The summed E-state index contributed by atoms with van der Waals surface area (Å²) >= 11 is 0. The number of benzene rings is 1. The van der Waals surface area contributed by atoms with E-state index in [0.29, 0.717) is 42.2 Å². The molecular formula is C19H19F2N7. The highest BCUT2D eigenvalue weighted by molar-refractivity contribution is 5.50. The number of aromatic amines is 1. The van der Waals surface area contributed by atoms with Crippen molar-refractivity contribution in [1.82, 2.24) is 25.1 Å². The number of nitrogens with zero attached hydrogens (tertiary/aromatic N) is 5. The van der Waals surface area contributed by atoms with Gasteiger partial charge in [0.25, 0.3) is 0 Å². The van der Waals surface area contributed by atoms with Crippen LogP contribution in [-0.4, -0.2) is 31.7 Å². The summed E-state index contributed by atoms with van der Waals surface area (Å²) < 4.78 is 27.9. The maximum atomic E-state index is 14.3. The van der Waals surface area contributed by atoms with Crippen LogP contribution in [0.15, 0.2) is 30.6 Å². The van der Waals surface area contributed by atoms with Gasteiger partial charge in [0.1, 0.15) is 18.0 Å². The van der Waals surface area contributed by atoms with Crippen LogP contribution in [0, 0.1) is 11.6 Å². The zero-order valence-corrected chi connectivity index (χ0v) is 15.1. The highest BCUT2D eigenvalue weighted by Crippen LogP contribution is 2.40. The van der Waals surface area contributed by atoms with Gasteiger partial charge in [0.05, 0.1) is 6.04 Å².